The molecular weight excluding hydrogens is 292 g/mol. The van der Waals surface area contributed by atoms with Crippen molar-refractivity contribution >= 4 is 5.78 Å². The van der Waals surface area contributed by atoms with E-state index in [1.807, 2.05) is 89.2 Å². The normalized spacial score (nSPS) is 9.38. The van der Waals surface area contributed by atoms with E-state index in [0.29, 0.717) is 6.42 Å². The number of hydrogen-bond donors (Lipinski definition) is 0. The van der Waals surface area contributed by atoms with E-state index in [2.05, 4.69) is 18.7 Å². The minimum absolute atomic E-state index is 0.194. The average molecular weight is 322 g/mol. The van der Waals surface area contributed by atoms with Crippen LogP contribution in [0.2, 0.25) is 0 Å². The molecule has 0 fully saturated rings. The molecule has 0 saturated carbocycles. The smallest absolute Gasteiger partial charge is 0.162 e. The maximum Gasteiger partial charge on any atom is 0.162 e. The third-order valence-corrected chi connectivity index (χ3v) is 2.97. The Hall–Kier alpha value is -2.41. The predicted octanol–water partition coefficient (Wildman–Crippen LogP) is 7.11. The highest BCUT2D eigenvalue weighted by Crippen LogP contribution is 2.19. The number of ketones is 1. The molecule has 0 spiro atoms. The summed E-state index contributed by atoms with van der Waals surface area (Å²) in [5, 5.41) is 0. The first-order valence-electron chi connectivity index (χ1n) is 8.34. The van der Waals surface area contributed by atoms with Crippen LogP contribution in [0.5, 0.6) is 0 Å². The Bertz CT molecular complexity index is 611. The van der Waals surface area contributed by atoms with Crippen molar-refractivity contribution in [3.63, 3.8) is 0 Å². The zero-order chi connectivity index (χ0) is 18.4. The van der Waals surface area contributed by atoms with Gasteiger partial charge >= 0.3 is 0 Å². The molecular formula is C23H30O. The number of carbonyl (C=O) groups is 1. The summed E-state index contributed by atoms with van der Waals surface area (Å²) in [4.78, 5) is 11.5. The molecule has 2 aromatic rings. The van der Waals surface area contributed by atoms with Gasteiger partial charge in [0, 0.05) is 12.0 Å². The Morgan fingerprint density at radius 3 is 1.67 bits per heavy atom. The van der Waals surface area contributed by atoms with Gasteiger partial charge in [-0.25, -0.2) is 0 Å². The molecule has 0 amide bonds. The van der Waals surface area contributed by atoms with Gasteiger partial charge in [-0.05, 0) is 38.8 Å². The van der Waals surface area contributed by atoms with Crippen LogP contribution in [0.15, 0.2) is 78.9 Å². The summed E-state index contributed by atoms with van der Waals surface area (Å²) in [6.45, 7) is 13.4. The SMILES string of the molecule is C/C=C\C.C=C(C)C.CCC(=O)c1ccc(-c2ccccc2)cc1. The van der Waals surface area contributed by atoms with Crippen molar-refractivity contribution in [3.8, 4) is 11.1 Å². The Balaban J connectivity index is 0.000000558. The van der Waals surface area contributed by atoms with Gasteiger partial charge in [-0.3, -0.25) is 4.79 Å². The highest BCUT2D eigenvalue weighted by molar-refractivity contribution is 5.96. The van der Waals surface area contributed by atoms with E-state index in [9.17, 15) is 4.79 Å². The molecule has 0 aliphatic carbocycles. The molecule has 128 valence electrons. The zero-order valence-corrected chi connectivity index (χ0v) is 15.7. The largest absolute Gasteiger partial charge is 0.294 e. The molecule has 2 aromatic carbocycles. The van der Waals surface area contributed by atoms with Crippen molar-refractivity contribution < 1.29 is 4.79 Å². The van der Waals surface area contributed by atoms with E-state index in [4.69, 9.17) is 0 Å². The van der Waals surface area contributed by atoms with Gasteiger partial charge in [0.05, 0.1) is 0 Å². The van der Waals surface area contributed by atoms with E-state index < -0.39 is 0 Å². The van der Waals surface area contributed by atoms with Gasteiger partial charge in [-0.1, -0.05) is 79.2 Å². The van der Waals surface area contributed by atoms with Crippen LogP contribution in [0.4, 0.5) is 0 Å². The molecule has 0 aliphatic heterocycles. The van der Waals surface area contributed by atoms with Gasteiger partial charge in [0.15, 0.2) is 5.78 Å². The Labute approximate surface area is 147 Å². The molecule has 0 saturated heterocycles. The Morgan fingerprint density at radius 1 is 0.875 bits per heavy atom. The molecule has 0 aromatic heterocycles. The molecule has 0 radical (unpaired) electrons. The fraction of sp³-hybridized carbons (Fsp3) is 0.261. The Morgan fingerprint density at radius 2 is 1.29 bits per heavy atom. The number of Topliss-reactive ketones (excluding diaryl/α,β-unsaturated/α-hetero) is 1. The lowest BCUT2D eigenvalue weighted by molar-refractivity contribution is 0.0988. The minimum Gasteiger partial charge on any atom is -0.294 e. The van der Waals surface area contributed by atoms with Crippen LogP contribution in [-0.4, -0.2) is 5.78 Å². The standard InChI is InChI=1S/C15H14O.2C4H8/c1-2-15(16)14-10-8-13(9-11-14)12-6-4-3-5-7-12;1-4(2)3;1-3-4-2/h3-11H,2H2,1H3;1H2,2-3H3;3-4H,1-2H3/b;;4-3-. The van der Waals surface area contributed by atoms with Crippen LogP contribution < -0.4 is 0 Å². The first-order valence-corrected chi connectivity index (χ1v) is 8.34. The second kappa shape index (κ2) is 13.1. The molecule has 1 heteroatoms. The third-order valence-electron chi connectivity index (χ3n) is 2.97. The van der Waals surface area contributed by atoms with Crippen LogP contribution in [0.1, 0.15) is 51.4 Å². The number of rotatable bonds is 3. The van der Waals surface area contributed by atoms with E-state index in [1.54, 1.807) is 0 Å². The Kier molecular flexibility index (Phi) is 11.8. The predicted molar refractivity (Wildman–Crippen MR) is 107 cm³/mol. The molecule has 1 nitrogen and oxygen atoms in total. The lowest BCUT2D eigenvalue weighted by Crippen LogP contribution is -1.95. The first-order chi connectivity index (χ1) is 11.5. The maximum atomic E-state index is 11.5. The number of benzene rings is 2. The summed E-state index contributed by atoms with van der Waals surface area (Å²) in [6.07, 6.45) is 4.56. The van der Waals surface area contributed by atoms with Crippen molar-refractivity contribution in [3.05, 3.63) is 84.5 Å². The van der Waals surface area contributed by atoms with Crippen molar-refractivity contribution in [1.82, 2.24) is 0 Å². The molecule has 2 rings (SSSR count). The summed E-state index contributed by atoms with van der Waals surface area (Å²) in [6, 6.07) is 17.9. The van der Waals surface area contributed by atoms with Crippen LogP contribution in [0, 0.1) is 0 Å². The molecule has 0 unspecified atom stereocenters. The maximum absolute atomic E-state index is 11.5. The number of allylic oxidation sites excluding steroid dienone is 3. The van der Waals surface area contributed by atoms with Gasteiger partial charge in [0.1, 0.15) is 0 Å². The van der Waals surface area contributed by atoms with Gasteiger partial charge in [-0.2, -0.15) is 0 Å². The van der Waals surface area contributed by atoms with Crippen molar-refractivity contribution in [2.24, 2.45) is 0 Å². The summed E-state index contributed by atoms with van der Waals surface area (Å²) in [5.74, 6) is 0.194. The van der Waals surface area contributed by atoms with Crippen LogP contribution >= 0.6 is 0 Å². The quantitative estimate of drug-likeness (QED) is 0.434. The lowest BCUT2D eigenvalue weighted by Gasteiger charge is -2.02. The van der Waals surface area contributed by atoms with Gasteiger partial charge in [-0.15, -0.1) is 6.58 Å². The van der Waals surface area contributed by atoms with Crippen molar-refractivity contribution in [2.75, 3.05) is 0 Å². The first kappa shape index (κ1) is 21.6. The lowest BCUT2D eigenvalue weighted by atomic mass is 10.0. The van der Waals surface area contributed by atoms with Gasteiger partial charge in [0.2, 0.25) is 0 Å². The van der Waals surface area contributed by atoms with Crippen LogP contribution in [-0.2, 0) is 0 Å². The summed E-state index contributed by atoms with van der Waals surface area (Å²) >= 11 is 0. The van der Waals surface area contributed by atoms with E-state index in [-0.39, 0.29) is 5.78 Å². The molecule has 0 aliphatic rings. The van der Waals surface area contributed by atoms with Gasteiger partial charge < -0.3 is 0 Å². The summed E-state index contributed by atoms with van der Waals surface area (Å²) in [7, 11) is 0. The highest BCUT2D eigenvalue weighted by atomic mass is 16.1. The average Bonchev–Trinajstić information content (AvgIpc) is 2.61. The monoisotopic (exact) mass is 322 g/mol. The molecule has 0 N–H and O–H groups in total. The summed E-state index contributed by atoms with van der Waals surface area (Å²) in [5.41, 5.74) is 4.29. The topological polar surface area (TPSA) is 17.1 Å². The molecule has 0 heterocycles. The van der Waals surface area contributed by atoms with Crippen LogP contribution in [0.25, 0.3) is 11.1 Å². The summed E-state index contributed by atoms with van der Waals surface area (Å²) < 4.78 is 0. The van der Waals surface area contributed by atoms with Crippen molar-refractivity contribution in [2.45, 2.75) is 41.0 Å². The van der Waals surface area contributed by atoms with E-state index in [1.165, 1.54) is 11.1 Å². The van der Waals surface area contributed by atoms with Gasteiger partial charge in [0.25, 0.3) is 0 Å². The van der Waals surface area contributed by atoms with Crippen molar-refractivity contribution in [1.29, 1.82) is 0 Å². The molecule has 0 atom stereocenters. The van der Waals surface area contributed by atoms with Crippen LogP contribution in [0.3, 0.4) is 0 Å². The third kappa shape index (κ3) is 9.58. The zero-order valence-electron chi connectivity index (χ0n) is 15.7. The highest BCUT2D eigenvalue weighted by Gasteiger charge is 2.02. The molecule has 0 bridgehead atoms. The number of hydrogen-bond acceptors (Lipinski definition) is 1. The van der Waals surface area contributed by atoms with E-state index >= 15 is 0 Å². The number of carbonyl (C=O) groups excluding carboxylic acids is 1. The second-order valence-corrected chi connectivity index (χ2v) is 5.59. The fourth-order valence-corrected chi connectivity index (χ4v) is 1.68. The second-order valence-electron chi connectivity index (χ2n) is 5.59. The molecule has 24 heavy (non-hydrogen) atoms. The minimum atomic E-state index is 0.194. The van der Waals surface area contributed by atoms with E-state index in [0.717, 1.165) is 11.1 Å². The fourth-order valence-electron chi connectivity index (χ4n) is 1.68.